The van der Waals surface area contributed by atoms with Crippen molar-refractivity contribution in [2.75, 3.05) is 18.0 Å². The Bertz CT molecular complexity index is 1320. The largest absolute Gasteiger partial charge is 0.370 e. The predicted octanol–water partition coefficient (Wildman–Crippen LogP) is 3.67. The van der Waals surface area contributed by atoms with Crippen molar-refractivity contribution >= 4 is 5.69 Å². The van der Waals surface area contributed by atoms with E-state index < -0.39 is 5.95 Å². The molecule has 1 fully saturated rings. The molecule has 5 rings (SSSR count). The third-order valence-corrected chi connectivity index (χ3v) is 6.27. The molecule has 0 aliphatic carbocycles. The Balaban J connectivity index is 1.58. The lowest BCUT2D eigenvalue weighted by molar-refractivity contribution is 0.474. The average Bonchev–Trinajstić information content (AvgIpc) is 3.47. The van der Waals surface area contributed by atoms with Crippen LogP contribution in [0.15, 0.2) is 49.2 Å². The Morgan fingerprint density at radius 2 is 1.82 bits per heavy atom. The van der Waals surface area contributed by atoms with Gasteiger partial charge in [0.1, 0.15) is 18.2 Å². The van der Waals surface area contributed by atoms with Gasteiger partial charge in [-0.2, -0.15) is 14.8 Å². The normalized spacial score (nSPS) is 14.4. The molecule has 4 heterocycles. The summed E-state index contributed by atoms with van der Waals surface area (Å²) in [6, 6.07) is 9.42. The number of nitrogens with zero attached hydrogens (tertiary/aromatic N) is 8. The third kappa shape index (κ3) is 3.84. The maximum absolute atomic E-state index is 13.5. The molecule has 1 saturated heterocycles. The number of hydrogen-bond donors (Lipinski definition) is 0. The first-order valence-corrected chi connectivity index (χ1v) is 10.8. The van der Waals surface area contributed by atoms with Crippen LogP contribution >= 0.6 is 0 Å². The fourth-order valence-electron chi connectivity index (χ4n) is 4.62. The van der Waals surface area contributed by atoms with E-state index in [9.17, 15) is 9.65 Å². The molecule has 166 valence electrons. The molecule has 0 atom stereocenters. The lowest BCUT2D eigenvalue weighted by Gasteiger charge is -2.35. The first-order valence-electron chi connectivity index (χ1n) is 10.8. The van der Waals surface area contributed by atoms with Crippen molar-refractivity contribution < 1.29 is 4.39 Å². The summed E-state index contributed by atoms with van der Waals surface area (Å²) in [5.74, 6) is 0.774. The molecule has 0 radical (unpaired) electrons. The lowest BCUT2D eigenvalue weighted by Crippen LogP contribution is -2.34. The second kappa shape index (κ2) is 8.47. The number of hydrogen-bond acceptors (Lipinski definition) is 6. The highest BCUT2D eigenvalue weighted by Gasteiger charge is 2.28. The molecular weight excluding hydrogens is 419 g/mol. The standard InChI is InChI=1S/C24H23FN8/c1-31-15-28-30-24(31)16-7-9-33(10-8-16)23-20(17-3-6-22(25)27-12-17)5-4-19(21(23)11-26)18-13-29-32(2)14-18/h3-6,12-16H,7-10H2,1-2H3. The molecule has 3 aromatic heterocycles. The van der Waals surface area contributed by atoms with E-state index in [4.69, 9.17) is 0 Å². The maximum Gasteiger partial charge on any atom is 0.212 e. The van der Waals surface area contributed by atoms with Crippen LogP contribution in [-0.4, -0.2) is 42.6 Å². The van der Waals surface area contributed by atoms with E-state index in [-0.39, 0.29) is 0 Å². The smallest absolute Gasteiger partial charge is 0.212 e. The van der Waals surface area contributed by atoms with Gasteiger partial charge in [0.15, 0.2) is 0 Å². The van der Waals surface area contributed by atoms with E-state index in [1.54, 1.807) is 23.3 Å². The minimum absolute atomic E-state index is 0.316. The van der Waals surface area contributed by atoms with Crippen LogP contribution in [0.3, 0.4) is 0 Å². The molecule has 0 unspecified atom stereocenters. The van der Waals surface area contributed by atoms with Gasteiger partial charge in [0.2, 0.25) is 5.95 Å². The molecule has 1 aliphatic heterocycles. The van der Waals surface area contributed by atoms with E-state index in [1.807, 2.05) is 37.0 Å². The van der Waals surface area contributed by atoms with Gasteiger partial charge in [-0.05, 0) is 25.0 Å². The number of benzene rings is 1. The summed E-state index contributed by atoms with van der Waals surface area (Å²) >= 11 is 0. The van der Waals surface area contributed by atoms with Gasteiger partial charge >= 0.3 is 0 Å². The Morgan fingerprint density at radius 1 is 1.03 bits per heavy atom. The summed E-state index contributed by atoms with van der Waals surface area (Å²) < 4.78 is 17.2. The number of pyridine rings is 1. The first-order chi connectivity index (χ1) is 16.0. The van der Waals surface area contributed by atoms with Gasteiger partial charge in [0.05, 0.1) is 17.4 Å². The van der Waals surface area contributed by atoms with Crippen LogP contribution in [0.4, 0.5) is 10.1 Å². The van der Waals surface area contributed by atoms with E-state index in [0.717, 1.165) is 59.7 Å². The Labute approximate surface area is 190 Å². The number of aryl methyl sites for hydroxylation is 2. The maximum atomic E-state index is 13.5. The quantitative estimate of drug-likeness (QED) is 0.448. The third-order valence-electron chi connectivity index (χ3n) is 6.27. The number of piperidine rings is 1. The van der Waals surface area contributed by atoms with E-state index in [2.05, 4.69) is 31.2 Å². The highest BCUT2D eigenvalue weighted by molar-refractivity contribution is 5.89. The van der Waals surface area contributed by atoms with Crippen molar-refractivity contribution in [1.82, 2.24) is 29.5 Å². The van der Waals surface area contributed by atoms with E-state index in [0.29, 0.717) is 11.5 Å². The van der Waals surface area contributed by atoms with Crippen LogP contribution in [0.1, 0.15) is 30.1 Å². The number of halogens is 1. The van der Waals surface area contributed by atoms with Gasteiger partial charge in [-0.25, -0.2) is 4.98 Å². The fraction of sp³-hybridized carbons (Fsp3) is 0.292. The van der Waals surface area contributed by atoms with Gasteiger partial charge in [-0.15, -0.1) is 10.2 Å². The highest BCUT2D eigenvalue weighted by atomic mass is 19.1. The van der Waals surface area contributed by atoms with Crippen molar-refractivity contribution in [2.45, 2.75) is 18.8 Å². The highest BCUT2D eigenvalue weighted by Crippen LogP contribution is 2.41. The first kappa shape index (κ1) is 20.8. The van der Waals surface area contributed by atoms with Gasteiger partial charge in [0.25, 0.3) is 0 Å². The van der Waals surface area contributed by atoms with Crippen LogP contribution < -0.4 is 4.90 Å². The second-order valence-electron chi connectivity index (χ2n) is 8.33. The molecule has 33 heavy (non-hydrogen) atoms. The van der Waals surface area contributed by atoms with Crippen molar-refractivity contribution in [3.8, 4) is 28.3 Å². The van der Waals surface area contributed by atoms with Crippen LogP contribution in [0.25, 0.3) is 22.3 Å². The zero-order valence-electron chi connectivity index (χ0n) is 18.5. The van der Waals surface area contributed by atoms with Gasteiger partial charge < -0.3 is 9.47 Å². The molecule has 0 saturated carbocycles. The number of nitriles is 1. The molecule has 0 amide bonds. The van der Waals surface area contributed by atoms with E-state index in [1.165, 1.54) is 12.3 Å². The summed E-state index contributed by atoms with van der Waals surface area (Å²) in [5.41, 5.74) is 4.79. The minimum atomic E-state index is -0.530. The zero-order valence-corrected chi connectivity index (χ0v) is 18.5. The molecule has 1 aromatic carbocycles. The minimum Gasteiger partial charge on any atom is -0.370 e. The average molecular weight is 443 g/mol. The summed E-state index contributed by atoms with van der Waals surface area (Å²) in [6.45, 7) is 1.54. The molecule has 0 N–H and O–H groups in total. The predicted molar refractivity (Wildman–Crippen MR) is 122 cm³/mol. The van der Waals surface area contributed by atoms with Crippen LogP contribution in [-0.2, 0) is 14.1 Å². The number of anilines is 1. The van der Waals surface area contributed by atoms with Gasteiger partial charge in [-0.3, -0.25) is 4.68 Å². The monoisotopic (exact) mass is 442 g/mol. The number of rotatable bonds is 4. The van der Waals surface area contributed by atoms with Crippen molar-refractivity contribution in [3.63, 3.8) is 0 Å². The molecular formula is C24H23FN8. The summed E-state index contributed by atoms with van der Waals surface area (Å²) in [7, 11) is 3.82. The van der Waals surface area contributed by atoms with Crippen molar-refractivity contribution in [3.05, 3.63) is 66.5 Å². The molecule has 0 bridgehead atoms. The Kier molecular flexibility index (Phi) is 5.34. The van der Waals surface area contributed by atoms with Crippen LogP contribution in [0.2, 0.25) is 0 Å². The van der Waals surface area contributed by atoms with Crippen LogP contribution in [0, 0.1) is 17.3 Å². The molecule has 8 nitrogen and oxygen atoms in total. The molecule has 9 heteroatoms. The fourth-order valence-corrected chi connectivity index (χ4v) is 4.62. The summed E-state index contributed by atoms with van der Waals surface area (Å²) in [4.78, 5) is 6.09. The summed E-state index contributed by atoms with van der Waals surface area (Å²) in [6.07, 6.45) is 8.71. The van der Waals surface area contributed by atoms with Crippen molar-refractivity contribution in [1.29, 1.82) is 5.26 Å². The SMILES string of the molecule is Cn1cc(-c2ccc(-c3ccc(F)nc3)c(N3CCC(c4nncn4C)CC3)c2C#N)cn1. The van der Waals surface area contributed by atoms with Crippen molar-refractivity contribution in [2.24, 2.45) is 14.1 Å². The number of aromatic nitrogens is 6. The zero-order chi connectivity index (χ0) is 22.9. The second-order valence-corrected chi connectivity index (χ2v) is 8.33. The lowest BCUT2D eigenvalue weighted by atomic mass is 9.90. The van der Waals surface area contributed by atoms with E-state index >= 15 is 0 Å². The molecule has 1 aliphatic rings. The Hall–Kier alpha value is -4.06. The summed E-state index contributed by atoms with van der Waals surface area (Å²) in [5, 5.41) is 22.8. The van der Waals surface area contributed by atoms with Gasteiger partial charge in [-0.1, -0.05) is 12.1 Å². The molecule has 4 aromatic rings. The topological polar surface area (TPSA) is 88.5 Å². The molecule has 0 spiro atoms. The Morgan fingerprint density at radius 3 is 2.42 bits per heavy atom. The van der Waals surface area contributed by atoms with Crippen LogP contribution in [0.5, 0.6) is 0 Å². The van der Waals surface area contributed by atoms with Gasteiger partial charge in [0, 0.05) is 67.8 Å².